The lowest BCUT2D eigenvalue weighted by atomic mass is 10.1. The molecule has 0 unspecified atom stereocenters. The molecule has 2 aromatic rings. The van der Waals surface area contributed by atoms with Gasteiger partial charge in [-0.2, -0.15) is 5.10 Å². The molecule has 122 valence electrons. The first-order chi connectivity index (χ1) is 11.0. The van der Waals surface area contributed by atoms with Gasteiger partial charge in [0, 0.05) is 18.4 Å². The van der Waals surface area contributed by atoms with E-state index in [1.165, 1.54) is 0 Å². The largest absolute Gasteiger partial charge is 0.351 e. The minimum atomic E-state index is -0.615. The van der Waals surface area contributed by atoms with E-state index in [1.807, 2.05) is 26.0 Å². The van der Waals surface area contributed by atoms with Gasteiger partial charge in [0.25, 0.3) is 0 Å². The maximum atomic E-state index is 12.0. The first-order valence-electron chi connectivity index (χ1n) is 7.24. The van der Waals surface area contributed by atoms with Gasteiger partial charge in [0.2, 0.25) is 0 Å². The third kappa shape index (κ3) is 4.73. The monoisotopic (exact) mass is 316 g/mol. The molecule has 23 heavy (non-hydrogen) atoms. The van der Waals surface area contributed by atoms with Gasteiger partial charge in [-0.05, 0) is 31.5 Å². The van der Waals surface area contributed by atoms with E-state index in [2.05, 4.69) is 21.0 Å². The highest BCUT2D eigenvalue weighted by Gasteiger charge is 2.10. The molecule has 8 nitrogen and oxygen atoms in total. The lowest BCUT2D eigenvalue weighted by Gasteiger charge is -2.15. The first-order valence-corrected chi connectivity index (χ1v) is 7.24. The molecule has 1 atom stereocenters. The van der Waals surface area contributed by atoms with Crippen LogP contribution in [-0.2, 0) is 6.54 Å². The molecule has 0 aliphatic rings. The summed E-state index contributed by atoms with van der Waals surface area (Å²) in [6.45, 7) is 4.58. The van der Waals surface area contributed by atoms with Crippen LogP contribution in [0.1, 0.15) is 25.5 Å². The lowest BCUT2D eigenvalue weighted by molar-refractivity contribution is 0.249. The van der Waals surface area contributed by atoms with E-state index < -0.39 is 6.03 Å². The van der Waals surface area contributed by atoms with Gasteiger partial charge in [-0.25, -0.2) is 9.59 Å². The van der Waals surface area contributed by atoms with E-state index in [-0.39, 0.29) is 12.1 Å². The molecule has 4 amide bonds. The zero-order valence-corrected chi connectivity index (χ0v) is 13.0. The molecule has 0 fully saturated rings. The average Bonchev–Trinajstić information content (AvgIpc) is 2.94. The molecule has 0 spiro atoms. The number of hydrogen-bond acceptors (Lipinski definition) is 3. The highest BCUT2D eigenvalue weighted by atomic mass is 16.2. The fourth-order valence-electron chi connectivity index (χ4n) is 2.05. The Morgan fingerprint density at radius 3 is 2.48 bits per heavy atom. The van der Waals surface area contributed by atoms with E-state index in [0.29, 0.717) is 11.4 Å². The van der Waals surface area contributed by atoms with Crippen molar-refractivity contribution in [1.29, 1.82) is 0 Å². The second kappa shape index (κ2) is 7.30. The predicted molar refractivity (Wildman–Crippen MR) is 88.1 cm³/mol. The average molecular weight is 316 g/mol. The van der Waals surface area contributed by atoms with Crippen molar-refractivity contribution in [1.82, 2.24) is 15.1 Å². The number of benzene rings is 1. The van der Waals surface area contributed by atoms with E-state index in [9.17, 15) is 9.59 Å². The van der Waals surface area contributed by atoms with E-state index in [4.69, 9.17) is 5.73 Å². The molecule has 0 bridgehead atoms. The zero-order valence-electron chi connectivity index (χ0n) is 13.0. The van der Waals surface area contributed by atoms with Crippen LogP contribution in [0.5, 0.6) is 0 Å². The number of amides is 4. The quantitative estimate of drug-likeness (QED) is 0.678. The maximum absolute atomic E-state index is 12.0. The minimum Gasteiger partial charge on any atom is -0.351 e. The molecule has 8 heteroatoms. The molecular weight excluding hydrogens is 296 g/mol. The lowest BCUT2D eigenvalue weighted by Crippen LogP contribution is -2.31. The topological polar surface area (TPSA) is 114 Å². The molecule has 0 radical (unpaired) electrons. The summed E-state index contributed by atoms with van der Waals surface area (Å²) in [7, 11) is 0. The number of carbonyl (C=O) groups excluding carboxylic acids is 2. The Kier molecular flexibility index (Phi) is 5.19. The molecule has 0 saturated carbocycles. The number of nitrogens with zero attached hydrogens (tertiary/aromatic N) is 2. The second-order valence-corrected chi connectivity index (χ2v) is 5.02. The minimum absolute atomic E-state index is 0.196. The standard InChI is InChI=1S/C15H20N6O2/c1-3-21-9-13(8-17-21)20-15(23)18-10(2)11-4-6-12(7-5-11)19-14(16)22/h4-10H,3H2,1-2H3,(H3,16,19,22)(H2,18,20,23)/t10-/m1/s1. The number of nitrogens with one attached hydrogen (secondary N) is 3. The predicted octanol–water partition coefficient (Wildman–Crippen LogP) is 2.28. The first kappa shape index (κ1) is 16.3. The molecule has 0 aliphatic heterocycles. The molecule has 2 rings (SSSR count). The van der Waals surface area contributed by atoms with E-state index >= 15 is 0 Å². The number of carbonyl (C=O) groups is 2. The summed E-state index contributed by atoms with van der Waals surface area (Å²) in [5, 5.41) is 12.1. The van der Waals surface area contributed by atoms with Gasteiger partial charge < -0.3 is 21.7 Å². The van der Waals surface area contributed by atoms with Crippen LogP contribution in [0.4, 0.5) is 21.0 Å². The summed E-state index contributed by atoms with van der Waals surface area (Å²) in [5.74, 6) is 0. The van der Waals surface area contributed by atoms with Crippen molar-refractivity contribution in [3.05, 3.63) is 42.2 Å². The summed E-state index contributed by atoms with van der Waals surface area (Å²) in [6, 6.07) is 5.95. The molecule has 5 N–H and O–H groups in total. The molecule has 1 aromatic carbocycles. The third-order valence-electron chi connectivity index (χ3n) is 3.24. The van der Waals surface area contributed by atoms with Crippen LogP contribution in [0.25, 0.3) is 0 Å². The van der Waals surface area contributed by atoms with Crippen LogP contribution in [0.2, 0.25) is 0 Å². The molecular formula is C15H20N6O2. The number of aromatic nitrogens is 2. The van der Waals surface area contributed by atoms with Gasteiger partial charge >= 0.3 is 12.1 Å². The zero-order chi connectivity index (χ0) is 16.8. The highest BCUT2D eigenvalue weighted by Crippen LogP contribution is 2.16. The van der Waals surface area contributed by atoms with Crippen molar-refractivity contribution in [2.45, 2.75) is 26.4 Å². The number of primary amides is 1. The summed E-state index contributed by atoms with van der Waals surface area (Å²) < 4.78 is 1.73. The number of nitrogens with two attached hydrogens (primary N) is 1. The van der Waals surface area contributed by atoms with E-state index in [0.717, 1.165) is 12.1 Å². The van der Waals surface area contributed by atoms with Crippen LogP contribution in [0.15, 0.2) is 36.7 Å². The van der Waals surface area contributed by atoms with Crippen LogP contribution in [0.3, 0.4) is 0 Å². The van der Waals surface area contributed by atoms with Crippen LogP contribution in [-0.4, -0.2) is 21.8 Å². The third-order valence-corrected chi connectivity index (χ3v) is 3.24. The van der Waals surface area contributed by atoms with Gasteiger partial charge in [-0.15, -0.1) is 0 Å². The Bertz CT molecular complexity index is 680. The van der Waals surface area contributed by atoms with Gasteiger partial charge in [0.1, 0.15) is 0 Å². The number of urea groups is 2. The smallest absolute Gasteiger partial charge is 0.319 e. The number of rotatable bonds is 5. The van der Waals surface area contributed by atoms with Crippen LogP contribution >= 0.6 is 0 Å². The Hall–Kier alpha value is -3.03. The Balaban J connectivity index is 1.91. The fraction of sp³-hybridized carbons (Fsp3) is 0.267. The second-order valence-electron chi connectivity index (χ2n) is 5.02. The SMILES string of the molecule is CCn1cc(NC(=O)N[C@H](C)c2ccc(NC(N)=O)cc2)cn1. The van der Waals surface area contributed by atoms with Gasteiger partial charge in [-0.3, -0.25) is 4.68 Å². The number of anilines is 2. The van der Waals surface area contributed by atoms with Crippen molar-refractivity contribution in [2.75, 3.05) is 10.6 Å². The molecule has 1 heterocycles. The Labute approximate surface area is 134 Å². The van der Waals surface area contributed by atoms with Gasteiger partial charge in [0.05, 0.1) is 17.9 Å². The maximum Gasteiger partial charge on any atom is 0.319 e. The van der Waals surface area contributed by atoms with Crippen molar-refractivity contribution in [3.8, 4) is 0 Å². The molecule has 0 aliphatic carbocycles. The Morgan fingerprint density at radius 1 is 1.22 bits per heavy atom. The normalized spacial score (nSPS) is 11.6. The summed E-state index contributed by atoms with van der Waals surface area (Å²) in [4.78, 5) is 22.7. The van der Waals surface area contributed by atoms with Gasteiger partial charge in [0.15, 0.2) is 0 Å². The van der Waals surface area contributed by atoms with Crippen molar-refractivity contribution < 1.29 is 9.59 Å². The fourth-order valence-corrected chi connectivity index (χ4v) is 2.05. The highest BCUT2D eigenvalue weighted by molar-refractivity contribution is 5.89. The van der Waals surface area contributed by atoms with Crippen molar-refractivity contribution in [3.63, 3.8) is 0 Å². The molecule has 1 aromatic heterocycles. The van der Waals surface area contributed by atoms with E-state index in [1.54, 1.807) is 29.2 Å². The van der Waals surface area contributed by atoms with Crippen LogP contribution < -0.4 is 21.7 Å². The summed E-state index contributed by atoms with van der Waals surface area (Å²) in [6.07, 6.45) is 3.35. The van der Waals surface area contributed by atoms with Crippen LogP contribution in [0, 0.1) is 0 Å². The Morgan fingerprint density at radius 2 is 1.91 bits per heavy atom. The molecule has 0 saturated heterocycles. The number of aryl methyl sites for hydroxylation is 1. The van der Waals surface area contributed by atoms with Crippen molar-refractivity contribution >= 4 is 23.4 Å². The van der Waals surface area contributed by atoms with Gasteiger partial charge in [-0.1, -0.05) is 12.1 Å². The van der Waals surface area contributed by atoms with Crippen molar-refractivity contribution in [2.24, 2.45) is 5.73 Å². The number of hydrogen-bond donors (Lipinski definition) is 4. The summed E-state index contributed by atoms with van der Waals surface area (Å²) in [5.41, 5.74) is 7.19. The summed E-state index contributed by atoms with van der Waals surface area (Å²) >= 11 is 0.